The van der Waals surface area contributed by atoms with E-state index in [1.54, 1.807) is 0 Å². The van der Waals surface area contributed by atoms with Crippen LogP contribution in [0.15, 0.2) is 0 Å². The number of hydrogen-bond donors (Lipinski definition) is 0. The maximum Gasteiger partial charge on any atom is 0.311 e. The number of aliphatic carboxylic acids is 2. The number of esters is 2. The molecular formula is C46H94N2O8. The van der Waals surface area contributed by atoms with Gasteiger partial charge in [0.2, 0.25) is 0 Å². The second-order valence-corrected chi connectivity index (χ2v) is 15.5. The van der Waals surface area contributed by atoms with Gasteiger partial charge in [-0.05, 0) is 64.2 Å². The van der Waals surface area contributed by atoms with Crippen LogP contribution in [0.4, 0.5) is 0 Å². The van der Waals surface area contributed by atoms with Crippen LogP contribution in [0.5, 0.6) is 0 Å². The van der Waals surface area contributed by atoms with Gasteiger partial charge < -0.3 is 38.2 Å². The van der Waals surface area contributed by atoms with Crippen molar-refractivity contribution < 1.29 is 47.8 Å². The first-order valence-corrected chi connectivity index (χ1v) is 23.2. The van der Waals surface area contributed by atoms with E-state index in [1.165, 1.54) is 164 Å². The standard InChI is InChI=1S/2C16H36N.2C7H12O4/c2*1-5-9-13-17(14-10-6-2,15-11-7-3)16-12-8-4;2*1-2-3-4-11-7(10)5-6(8)9/h2*5-16H2,1-4H3;2*2-5H2,1H3,(H,8,9)/q2*+1;;/p-2. The predicted octanol–water partition coefficient (Wildman–Crippen LogP) is 8.95. The van der Waals surface area contributed by atoms with Gasteiger partial charge in [-0.2, -0.15) is 0 Å². The molecule has 0 atom stereocenters. The van der Waals surface area contributed by atoms with Crippen LogP contribution in [0.1, 0.15) is 210 Å². The normalized spacial score (nSPS) is 10.9. The second-order valence-electron chi connectivity index (χ2n) is 15.5. The SMILES string of the molecule is CCCCOC(=O)CC(=O)[O-].CCCCOC(=O)CC(=O)[O-].CCCC[N+](CCCC)(CCCC)CCCC.CCCC[N+](CCCC)(CCCC)CCCC. The molecule has 56 heavy (non-hydrogen) atoms. The first kappa shape index (κ1) is 60.5. The summed E-state index contributed by atoms with van der Waals surface area (Å²) in [5, 5.41) is 19.7. The summed E-state index contributed by atoms with van der Waals surface area (Å²) in [6.45, 7) is 34.5. The Morgan fingerprint density at radius 1 is 0.339 bits per heavy atom. The predicted molar refractivity (Wildman–Crippen MR) is 230 cm³/mol. The summed E-state index contributed by atoms with van der Waals surface area (Å²) in [7, 11) is 0. The Balaban J connectivity index is -0.000000329. The summed E-state index contributed by atoms with van der Waals surface area (Å²) < 4.78 is 11.9. The monoisotopic (exact) mass is 803 g/mol. The zero-order chi connectivity index (χ0) is 43.4. The molecular weight excluding hydrogens is 709 g/mol. The Labute approximate surface area is 347 Å². The maximum absolute atomic E-state index is 10.5. The highest BCUT2D eigenvalue weighted by atomic mass is 16.5. The number of carbonyl (C=O) groups is 4. The lowest BCUT2D eigenvalue weighted by Gasteiger charge is -2.39. The van der Waals surface area contributed by atoms with Crippen LogP contribution in [0, 0.1) is 0 Å². The lowest BCUT2D eigenvalue weighted by Crippen LogP contribution is -2.50. The molecule has 0 heterocycles. The molecule has 0 radical (unpaired) electrons. The molecule has 0 rings (SSSR count). The van der Waals surface area contributed by atoms with Crippen molar-refractivity contribution in [3.63, 3.8) is 0 Å². The molecule has 10 nitrogen and oxygen atoms in total. The molecule has 0 saturated heterocycles. The van der Waals surface area contributed by atoms with Gasteiger partial charge in [0.1, 0.15) is 0 Å². The lowest BCUT2D eigenvalue weighted by atomic mass is 10.1. The molecule has 336 valence electrons. The summed E-state index contributed by atoms with van der Waals surface area (Å²) in [5.41, 5.74) is 0. The fourth-order valence-electron chi connectivity index (χ4n) is 6.29. The Morgan fingerprint density at radius 3 is 0.661 bits per heavy atom. The Kier molecular flexibility index (Phi) is 49.1. The first-order valence-electron chi connectivity index (χ1n) is 23.2. The van der Waals surface area contributed by atoms with Crippen molar-refractivity contribution in [1.82, 2.24) is 0 Å². The summed E-state index contributed by atoms with van der Waals surface area (Å²) in [6.07, 6.45) is 24.2. The van der Waals surface area contributed by atoms with E-state index in [0.717, 1.165) is 25.7 Å². The van der Waals surface area contributed by atoms with E-state index in [2.05, 4.69) is 64.9 Å². The minimum Gasteiger partial charge on any atom is -0.550 e. The molecule has 0 bridgehead atoms. The minimum atomic E-state index is -1.40. The van der Waals surface area contributed by atoms with Gasteiger partial charge >= 0.3 is 11.9 Å². The molecule has 0 spiro atoms. The molecule has 0 fully saturated rings. The molecule has 0 aromatic rings. The molecule has 0 aliphatic carbocycles. The fraction of sp³-hybridized carbons (Fsp3) is 0.913. The van der Waals surface area contributed by atoms with E-state index in [4.69, 9.17) is 0 Å². The van der Waals surface area contributed by atoms with Gasteiger partial charge in [0.15, 0.2) is 0 Å². The number of ether oxygens (including phenoxy) is 2. The van der Waals surface area contributed by atoms with Crippen molar-refractivity contribution in [3.05, 3.63) is 0 Å². The molecule has 0 aromatic carbocycles. The highest BCUT2D eigenvalue weighted by molar-refractivity contribution is 5.89. The van der Waals surface area contributed by atoms with E-state index in [9.17, 15) is 29.4 Å². The average molecular weight is 803 g/mol. The lowest BCUT2D eigenvalue weighted by molar-refractivity contribution is -0.929. The van der Waals surface area contributed by atoms with Gasteiger partial charge in [-0.15, -0.1) is 0 Å². The van der Waals surface area contributed by atoms with Gasteiger partial charge in [0, 0.05) is 0 Å². The Hall–Kier alpha value is -2.20. The van der Waals surface area contributed by atoms with Gasteiger partial charge in [-0.3, -0.25) is 9.59 Å². The molecule has 0 aliphatic rings. The number of carboxylic acid groups (broad SMARTS) is 2. The molecule has 0 amide bonds. The molecule has 10 heteroatoms. The van der Waals surface area contributed by atoms with Crippen LogP contribution in [-0.4, -0.2) is 98.4 Å². The van der Waals surface area contributed by atoms with Gasteiger partial charge in [0.25, 0.3) is 0 Å². The summed E-state index contributed by atoms with van der Waals surface area (Å²) >= 11 is 0. The molecule has 0 unspecified atom stereocenters. The molecule has 0 N–H and O–H groups in total. The van der Waals surface area contributed by atoms with E-state index >= 15 is 0 Å². The van der Waals surface area contributed by atoms with Crippen LogP contribution >= 0.6 is 0 Å². The fourth-order valence-corrected chi connectivity index (χ4v) is 6.29. The number of hydrogen-bond acceptors (Lipinski definition) is 8. The third-order valence-electron chi connectivity index (χ3n) is 9.99. The van der Waals surface area contributed by atoms with Crippen LogP contribution in [0.2, 0.25) is 0 Å². The number of quaternary nitrogens is 2. The van der Waals surface area contributed by atoms with Crippen molar-refractivity contribution in [2.24, 2.45) is 0 Å². The largest absolute Gasteiger partial charge is 0.550 e. The zero-order valence-electron chi connectivity index (χ0n) is 38.8. The van der Waals surface area contributed by atoms with Crippen LogP contribution in [0.3, 0.4) is 0 Å². The summed E-state index contributed by atoms with van der Waals surface area (Å²) in [6, 6.07) is 0. The first-order chi connectivity index (χ1) is 26.8. The average Bonchev–Trinajstić information content (AvgIpc) is 3.17. The highest BCUT2D eigenvalue weighted by Gasteiger charge is 2.25. The van der Waals surface area contributed by atoms with Crippen LogP contribution in [-0.2, 0) is 28.7 Å². The summed E-state index contributed by atoms with van der Waals surface area (Å²) in [4.78, 5) is 40.6. The molecule has 0 saturated carbocycles. The second kappa shape index (κ2) is 45.5. The highest BCUT2D eigenvalue weighted by Crippen LogP contribution is 2.17. The number of rotatable bonds is 34. The number of nitrogens with zero attached hydrogens (tertiary/aromatic N) is 2. The molecule has 0 aromatic heterocycles. The van der Waals surface area contributed by atoms with Gasteiger partial charge in [-0.1, -0.05) is 133 Å². The summed E-state index contributed by atoms with van der Waals surface area (Å²) in [5.74, 6) is -4.24. The van der Waals surface area contributed by atoms with Crippen molar-refractivity contribution in [3.8, 4) is 0 Å². The smallest absolute Gasteiger partial charge is 0.311 e. The number of unbranched alkanes of at least 4 members (excludes halogenated alkanes) is 10. The van der Waals surface area contributed by atoms with E-state index in [1.807, 2.05) is 13.8 Å². The van der Waals surface area contributed by atoms with Crippen molar-refractivity contribution in [1.29, 1.82) is 0 Å². The molecule has 0 aliphatic heterocycles. The van der Waals surface area contributed by atoms with Crippen molar-refractivity contribution in [2.75, 3.05) is 65.6 Å². The maximum atomic E-state index is 10.5. The third-order valence-corrected chi connectivity index (χ3v) is 9.99. The van der Waals surface area contributed by atoms with Crippen molar-refractivity contribution in [2.45, 2.75) is 210 Å². The zero-order valence-corrected chi connectivity index (χ0v) is 38.8. The van der Waals surface area contributed by atoms with Crippen LogP contribution < -0.4 is 10.2 Å². The Morgan fingerprint density at radius 2 is 0.518 bits per heavy atom. The van der Waals surface area contributed by atoms with E-state index in [-0.39, 0.29) is 0 Å². The van der Waals surface area contributed by atoms with E-state index < -0.39 is 36.7 Å². The Bertz CT molecular complexity index is 738. The van der Waals surface area contributed by atoms with E-state index in [0.29, 0.717) is 13.2 Å². The topological polar surface area (TPSA) is 133 Å². The minimum absolute atomic E-state index is 0.294. The van der Waals surface area contributed by atoms with Gasteiger partial charge in [0.05, 0.1) is 90.4 Å². The number of carbonyl (C=O) groups excluding carboxylic acids is 4. The van der Waals surface area contributed by atoms with Gasteiger partial charge in [-0.25, -0.2) is 0 Å². The number of carboxylic acids is 2. The van der Waals surface area contributed by atoms with Crippen molar-refractivity contribution >= 4 is 23.9 Å². The van der Waals surface area contributed by atoms with Crippen LogP contribution in [0.25, 0.3) is 0 Å². The quantitative estimate of drug-likeness (QED) is 0.0273. The third kappa shape index (κ3) is 42.9.